The maximum Gasteiger partial charge on any atom is 0.325 e. The van der Waals surface area contributed by atoms with E-state index < -0.39 is 5.54 Å². The van der Waals surface area contributed by atoms with E-state index in [2.05, 4.69) is 5.32 Å². The van der Waals surface area contributed by atoms with Crippen LogP contribution in [-0.2, 0) is 4.79 Å². The van der Waals surface area contributed by atoms with Crippen LogP contribution >= 0.6 is 11.8 Å². The number of amides is 3. The number of urea groups is 1. The number of carbonyl (C=O) groups excluding carboxylic acids is 2. The summed E-state index contributed by atoms with van der Waals surface area (Å²) in [6.07, 6.45) is 3.75. The molecule has 1 saturated heterocycles. The van der Waals surface area contributed by atoms with E-state index in [1.807, 2.05) is 6.92 Å². The van der Waals surface area contributed by atoms with E-state index in [9.17, 15) is 14.0 Å². The zero-order valence-electron chi connectivity index (χ0n) is 13.2. The molecule has 6 heteroatoms. The number of nitrogens with zero attached hydrogens (tertiary/aromatic N) is 1. The van der Waals surface area contributed by atoms with Crippen molar-refractivity contribution < 1.29 is 14.0 Å². The summed E-state index contributed by atoms with van der Waals surface area (Å²) in [5.74, 6) is 0.276. The molecule has 1 saturated carbocycles. The van der Waals surface area contributed by atoms with Crippen molar-refractivity contribution in [2.75, 3.05) is 12.3 Å². The molecule has 23 heavy (non-hydrogen) atoms. The SMILES string of the molecule is C[C@@H]1CCCC[C@@]12NC(=O)N(CCSc1ccccc1F)C2=O. The second-order valence-electron chi connectivity index (χ2n) is 6.28. The summed E-state index contributed by atoms with van der Waals surface area (Å²) in [6, 6.07) is 6.23. The third-order valence-electron chi connectivity index (χ3n) is 4.91. The monoisotopic (exact) mass is 336 g/mol. The van der Waals surface area contributed by atoms with Gasteiger partial charge in [0.25, 0.3) is 5.91 Å². The summed E-state index contributed by atoms with van der Waals surface area (Å²) < 4.78 is 13.6. The fraction of sp³-hybridized carbons (Fsp3) is 0.529. The zero-order chi connectivity index (χ0) is 16.4. The van der Waals surface area contributed by atoms with Gasteiger partial charge in [-0.1, -0.05) is 31.9 Å². The standard InChI is InChI=1S/C17H21FN2O2S/c1-12-6-4-5-9-17(12)15(21)20(16(22)19-17)10-11-23-14-8-3-2-7-13(14)18/h2-3,7-8,12H,4-6,9-11H2,1H3,(H,19,22)/t12-,17-/m1/s1. The number of benzene rings is 1. The Hall–Kier alpha value is -1.56. The van der Waals surface area contributed by atoms with Gasteiger partial charge in [-0.05, 0) is 30.9 Å². The second kappa shape index (κ2) is 6.51. The number of thioether (sulfide) groups is 1. The lowest BCUT2D eigenvalue weighted by Crippen LogP contribution is -2.54. The van der Waals surface area contributed by atoms with Crippen LogP contribution in [0.1, 0.15) is 32.6 Å². The second-order valence-corrected chi connectivity index (χ2v) is 7.42. The largest absolute Gasteiger partial charge is 0.325 e. The summed E-state index contributed by atoms with van der Waals surface area (Å²) in [4.78, 5) is 26.8. The van der Waals surface area contributed by atoms with Crippen molar-refractivity contribution in [3.05, 3.63) is 30.1 Å². The normalized spacial score (nSPS) is 27.6. The maximum absolute atomic E-state index is 13.6. The number of hydrogen-bond donors (Lipinski definition) is 1. The number of carbonyl (C=O) groups is 2. The molecular formula is C17H21FN2O2S. The average molecular weight is 336 g/mol. The van der Waals surface area contributed by atoms with Gasteiger partial charge in [-0.2, -0.15) is 0 Å². The van der Waals surface area contributed by atoms with Gasteiger partial charge in [-0.25, -0.2) is 9.18 Å². The maximum atomic E-state index is 13.6. The molecule has 124 valence electrons. The van der Waals surface area contributed by atoms with Crippen LogP contribution in [-0.4, -0.2) is 34.7 Å². The van der Waals surface area contributed by atoms with Gasteiger partial charge < -0.3 is 5.32 Å². The lowest BCUT2D eigenvalue weighted by Gasteiger charge is -2.36. The van der Waals surface area contributed by atoms with Crippen LogP contribution in [0.3, 0.4) is 0 Å². The predicted molar refractivity (Wildman–Crippen MR) is 87.7 cm³/mol. The zero-order valence-corrected chi connectivity index (χ0v) is 14.0. The summed E-state index contributed by atoms with van der Waals surface area (Å²) in [5, 5.41) is 2.93. The molecule has 0 bridgehead atoms. The molecule has 2 aliphatic rings. The van der Waals surface area contributed by atoms with Gasteiger partial charge in [0.1, 0.15) is 11.4 Å². The Kier molecular flexibility index (Phi) is 4.62. The highest BCUT2D eigenvalue weighted by atomic mass is 32.2. The number of halogens is 1. The quantitative estimate of drug-likeness (QED) is 0.677. The Morgan fingerprint density at radius 1 is 1.35 bits per heavy atom. The average Bonchev–Trinajstić information content (AvgIpc) is 2.77. The van der Waals surface area contributed by atoms with Gasteiger partial charge in [0.15, 0.2) is 0 Å². The third kappa shape index (κ3) is 2.96. The van der Waals surface area contributed by atoms with E-state index in [0.29, 0.717) is 17.2 Å². The van der Waals surface area contributed by atoms with Gasteiger partial charge >= 0.3 is 6.03 Å². The molecule has 0 unspecified atom stereocenters. The third-order valence-corrected chi connectivity index (χ3v) is 5.94. The van der Waals surface area contributed by atoms with Gasteiger partial charge in [-0.3, -0.25) is 9.69 Å². The molecule has 3 rings (SSSR count). The molecule has 0 aromatic heterocycles. The van der Waals surface area contributed by atoms with Crippen LogP contribution in [0, 0.1) is 11.7 Å². The molecule has 1 heterocycles. The first-order valence-electron chi connectivity index (χ1n) is 8.06. The highest BCUT2D eigenvalue weighted by Gasteiger charge is 2.54. The lowest BCUT2D eigenvalue weighted by molar-refractivity contribution is -0.134. The molecule has 1 N–H and O–H groups in total. The smallest absolute Gasteiger partial charge is 0.323 e. The Morgan fingerprint density at radius 2 is 2.13 bits per heavy atom. The molecule has 1 spiro atoms. The lowest BCUT2D eigenvalue weighted by atomic mass is 9.73. The van der Waals surface area contributed by atoms with Crippen molar-refractivity contribution in [3.63, 3.8) is 0 Å². The molecule has 1 aromatic rings. The van der Waals surface area contributed by atoms with Crippen LogP contribution in [0.2, 0.25) is 0 Å². The van der Waals surface area contributed by atoms with Gasteiger partial charge in [0, 0.05) is 17.2 Å². The number of nitrogens with one attached hydrogen (secondary N) is 1. The minimum absolute atomic E-state index is 0.108. The summed E-state index contributed by atoms with van der Waals surface area (Å²) >= 11 is 1.32. The minimum Gasteiger partial charge on any atom is -0.323 e. The molecule has 1 aliphatic heterocycles. The predicted octanol–water partition coefficient (Wildman–Crippen LogP) is 3.42. The number of rotatable bonds is 4. The van der Waals surface area contributed by atoms with E-state index >= 15 is 0 Å². The van der Waals surface area contributed by atoms with E-state index in [4.69, 9.17) is 0 Å². The molecule has 4 nitrogen and oxygen atoms in total. The molecule has 2 fully saturated rings. The summed E-state index contributed by atoms with van der Waals surface area (Å²) in [5.41, 5.74) is -0.710. The minimum atomic E-state index is -0.710. The Bertz CT molecular complexity index is 624. The van der Waals surface area contributed by atoms with Crippen LogP contribution in [0.4, 0.5) is 9.18 Å². The number of imide groups is 1. The molecule has 1 aliphatic carbocycles. The Balaban J connectivity index is 1.63. The first kappa shape index (κ1) is 16.3. The van der Waals surface area contributed by atoms with Crippen molar-refractivity contribution in [2.45, 2.75) is 43.0 Å². The van der Waals surface area contributed by atoms with E-state index in [0.717, 1.165) is 25.7 Å². The first-order valence-corrected chi connectivity index (χ1v) is 9.04. The van der Waals surface area contributed by atoms with Crippen molar-refractivity contribution in [1.29, 1.82) is 0 Å². The molecule has 3 amide bonds. The van der Waals surface area contributed by atoms with Gasteiger partial charge in [0.2, 0.25) is 0 Å². The highest BCUT2D eigenvalue weighted by molar-refractivity contribution is 7.99. The van der Waals surface area contributed by atoms with E-state index in [1.54, 1.807) is 18.2 Å². The van der Waals surface area contributed by atoms with E-state index in [-0.39, 0.29) is 23.7 Å². The topological polar surface area (TPSA) is 49.4 Å². The van der Waals surface area contributed by atoms with Gasteiger partial charge in [-0.15, -0.1) is 11.8 Å². The van der Waals surface area contributed by atoms with Crippen molar-refractivity contribution in [2.24, 2.45) is 5.92 Å². The number of hydrogen-bond acceptors (Lipinski definition) is 3. The van der Waals surface area contributed by atoms with Crippen molar-refractivity contribution in [1.82, 2.24) is 10.2 Å². The highest BCUT2D eigenvalue weighted by Crippen LogP contribution is 2.38. The van der Waals surface area contributed by atoms with Crippen LogP contribution in [0.25, 0.3) is 0 Å². The Morgan fingerprint density at radius 3 is 2.87 bits per heavy atom. The Labute approximate surface area is 139 Å². The van der Waals surface area contributed by atoms with Crippen LogP contribution in [0.5, 0.6) is 0 Å². The molecule has 1 aromatic carbocycles. The van der Waals surface area contributed by atoms with Crippen LogP contribution in [0.15, 0.2) is 29.2 Å². The molecule has 0 radical (unpaired) electrons. The van der Waals surface area contributed by atoms with Crippen molar-refractivity contribution >= 4 is 23.7 Å². The fourth-order valence-corrected chi connectivity index (χ4v) is 4.38. The summed E-state index contributed by atoms with van der Waals surface area (Å²) in [6.45, 7) is 2.34. The molecule has 2 atom stereocenters. The van der Waals surface area contributed by atoms with Crippen LogP contribution < -0.4 is 5.32 Å². The molecular weight excluding hydrogens is 315 g/mol. The summed E-state index contributed by atoms with van der Waals surface area (Å²) in [7, 11) is 0. The fourth-order valence-electron chi connectivity index (χ4n) is 3.51. The first-order chi connectivity index (χ1) is 11.0. The van der Waals surface area contributed by atoms with Crippen molar-refractivity contribution in [3.8, 4) is 0 Å². The van der Waals surface area contributed by atoms with E-state index in [1.165, 1.54) is 22.7 Å². The van der Waals surface area contributed by atoms with Gasteiger partial charge in [0.05, 0.1) is 0 Å².